The predicted molar refractivity (Wildman–Crippen MR) is 87.5 cm³/mol. The Kier molecular flexibility index (Phi) is 5.08. The number of aromatic hydroxyl groups is 1. The number of alkyl halides is 1. The van der Waals surface area contributed by atoms with Crippen molar-refractivity contribution in [2.45, 2.75) is 6.92 Å². The van der Waals surface area contributed by atoms with Crippen LogP contribution in [0, 0.1) is 12.7 Å². The highest BCUT2D eigenvalue weighted by molar-refractivity contribution is 6.05. The molecule has 0 radical (unpaired) electrons. The molecular weight excluding hydrogens is 316 g/mol. The molecule has 2 N–H and O–H groups in total. The number of nitrogens with zero attached hydrogens (tertiary/aromatic N) is 1. The van der Waals surface area contributed by atoms with E-state index in [4.69, 9.17) is 0 Å². The Morgan fingerprint density at radius 1 is 1.08 bits per heavy atom. The molecule has 6 heteroatoms. The van der Waals surface area contributed by atoms with Crippen molar-refractivity contribution in [1.29, 1.82) is 0 Å². The van der Waals surface area contributed by atoms with Crippen LogP contribution in [0.5, 0.6) is 5.75 Å². The third-order valence-electron chi connectivity index (χ3n) is 3.55. The van der Waals surface area contributed by atoms with Gasteiger partial charge in [-0.25, -0.2) is 14.2 Å². The van der Waals surface area contributed by atoms with Crippen molar-refractivity contribution in [2.24, 2.45) is 0 Å². The van der Waals surface area contributed by atoms with Crippen LogP contribution in [0.15, 0.2) is 42.5 Å². The van der Waals surface area contributed by atoms with Gasteiger partial charge in [0.25, 0.3) is 0 Å². The van der Waals surface area contributed by atoms with Crippen LogP contribution in [-0.4, -0.2) is 28.3 Å². The van der Waals surface area contributed by atoms with E-state index in [-0.39, 0.29) is 16.7 Å². The van der Waals surface area contributed by atoms with Crippen LogP contribution >= 0.6 is 0 Å². The summed E-state index contributed by atoms with van der Waals surface area (Å²) in [4.78, 5) is 16.0. The molecule has 4 nitrogen and oxygen atoms in total. The van der Waals surface area contributed by atoms with Gasteiger partial charge in [-0.15, -0.1) is 0 Å². The van der Waals surface area contributed by atoms with Gasteiger partial charge in [-0.05, 0) is 55.0 Å². The summed E-state index contributed by atoms with van der Waals surface area (Å²) < 4.78 is 22.9. The molecule has 1 aromatic heterocycles. The minimum absolute atomic E-state index is 0.0348. The van der Waals surface area contributed by atoms with Gasteiger partial charge in [-0.3, -0.25) is 4.39 Å². The van der Waals surface area contributed by atoms with Gasteiger partial charge in [0.2, 0.25) is 0 Å². The SMILES string of the molecule is CF.Cc1c(-c2ccc(O)cc2)nc2ccc(F)cc2c1C(=O)O. The average Bonchev–Trinajstić information content (AvgIpc) is 2.56. The fourth-order valence-corrected chi connectivity index (χ4v) is 2.51. The molecule has 0 fully saturated rings. The van der Waals surface area contributed by atoms with Gasteiger partial charge in [-0.2, -0.15) is 0 Å². The highest BCUT2D eigenvalue weighted by Gasteiger charge is 2.18. The van der Waals surface area contributed by atoms with E-state index in [0.717, 1.165) is 0 Å². The summed E-state index contributed by atoms with van der Waals surface area (Å²) in [6.07, 6.45) is 0. The average molecular weight is 331 g/mol. The summed E-state index contributed by atoms with van der Waals surface area (Å²) in [6.45, 7) is 1.64. The van der Waals surface area contributed by atoms with E-state index in [1.54, 1.807) is 19.1 Å². The lowest BCUT2D eigenvalue weighted by Gasteiger charge is -2.12. The van der Waals surface area contributed by atoms with E-state index in [2.05, 4.69) is 4.98 Å². The highest BCUT2D eigenvalue weighted by Crippen LogP contribution is 2.30. The van der Waals surface area contributed by atoms with Crippen molar-refractivity contribution in [2.75, 3.05) is 7.18 Å². The number of aromatic carboxylic acids is 1. The number of carboxylic acids is 1. The molecule has 1 heterocycles. The molecule has 3 aromatic rings. The number of carbonyl (C=O) groups is 1. The monoisotopic (exact) mass is 331 g/mol. The molecule has 0 atom stereocenters. The van der Waals surface area contributed by atoms with Crippen molar-refractivity contribution < 1.29 is 23.8 Å². The van der Waals surface area contributed by atoms with Crippen LogP contribution < -0.4 is 0 Å². The summed E-state index contributed by atoms with van der Waals surface area (Å²) in [5.41, 5.74) is 2.08. The molecule has 0 aliphatic carbocycles. The zero-order valence-corrected chi connectivity index (χ0v) is 13.0. The Morgan fingerprint density at radius 2 is 1.71 bits per heavy atom. The van der Waals surface area contributed by atoms with Crippen LogP contribution in [0.4, 0.5) is 8.78 Å². The largest absolute Gasteiger partial charge is 0.508 e. The number of phenolic OH excluding ortho intramolecular Hbond substituents is 1. The molecule has 0 unspecified atom stereocenters. The van der Waals surface area contributed by atoms with Gasteiger partial charge >= 0.3 is 5.97 Å². The van der Waals surface area contributed by atoms with Crippen molar-refractivity contribution in [3.63, 3.8) is 0 Å². The van der Waals surface area contributed by atoms with E-state index in [9.17, 15) is 23.8 Å². The standard InChI is InChI=1S/C17H12FNO3.CH3F/c1-9-15(17(21)22)13-8-11(18)4-7-14(13)19-16(9)10-2-5-12(20)6-3-10;1-2/h2-8,20H,1H3,(H,21,22);1H3. The maximum atomic E-state index is 13.4. The van der Waals surface area contributed by atoms with Crippen LogP contribution in [0.25, 0.3) is 22.2 Å². The van der Waals surface area contributed by atoms with E-state index in [0.29, 0.717) is 29.5 Å². The lowest BCUT2D eigenvalue weighted by Crippen LogP contribution is -2.05. The molecule has 0 saturated heterocycles. The minimum Gasteiger partial charge on any atom is -0.508 e. The third-order valence-corrected chi connectivity index (χ3v) is 3.55. The topological polar surface area (TPSA) is 70.4 Å². The van der Waals surface area contributed by atoms with Crippen molar-refractivity contribution >= 4 is 16.9 Å². The van der Waals surface area contributed by atoms with Gasteiger partial charge in [0.15, 0.2) is 0 Å². The maximum absolute atomic E-state index is 13.4. The minimum atomic E-state index is -1.13. The van der Waals surface area contributed by atoms with Gasteiger partial charge < -0.3 is 10.2 Å². The van der Waals surface area contributed by atoms with E-state index in [1.165, 1.54) is 30.3 Å². The smallest absolute Gasteiger partial charge is 0.336 e. The third kappa shape index (κ3) is 3.17. The first kappa shape index (κ1) is 17.3. The summed E-state index contributed by atoms with van der Waals surface area (Å²) >= 11 is 0. The Bertz CT molecular complexity index is 893. The molecule has 2 aromatic carbocycles. The normalized spacial score (nSPS) is 10.2. The van der Waals surface area contributed by atoms with Crippen LogP contribution in [-0.2, 0) is 0 Å². The zero-order valence-electron chi connectivity index (χ0n) is 13.0. The molecule has 3 rings (SSSR count). The molecule has 0 amide bonds. The number of fused-ring (bicyclic) bond motifs is 1. The summed E-state index contributed by atoms with van der Waals surface area (Å²) in [5, 5.41) is 19.1. The fourth-order valence-electron chi connectivity index (χ4n) is 2.51. The second-order valence-electron chi connectivity index (χ2n) is 4.97. The first-order chi connectivity index (χ1) is 11.5. The highest BCUT2D eigenvalue weighted by atomic mass is 19.1. The molecule has 124 valence electrons. The molecule has 0 aliphatic rings. The molecule has 0 spiro atoms. The van der Waals surface area contributed by atoms with Crippen LogP contribution in [0.3, 0.4) is 0 Å². The Morgan fingerprint density at radius 3 is 2.29 bits per heavy atom. The number of benzene rings is 2. The quantitative estimate of drug-likeness (QED) is 0.733. The van der Waals surface area contributed by atoms with E-state index < -0.39 is 11.8 Å². The predicted octanol–water partition coefficient (Wildman–Crippen LogP) is 4.34. The van der Waals surface area contributed by atoms with Crippen molar-refractivity contribution in [1.82, 2.24) is 4.98 Å². The molecule has 0 saturated carbocycles. The molecule has 24 heavy (non-hydrogen) atoms. The molecule has 0 bridgehead atoms. The first-order valence-corrected chi connectivity index (χ1v) is 6.97. The van der Waals surface area contributed by atoms with E-state index in [1.807, 2.05) is 0 Å². The van der Waals surface area contributed by atoms with E-state index >= 15 is 0 Å². The maximum Gasteiger partial charge on any atom is 0.336 e. The second kappa shape index (κ2) is 7.04. The zero-order chi connectivity index (χ0) is 17.9. The lowest BCUT2D eigenvalue weighted by atomic mass is 9.97. The number of hydrogen-bond acceptors (Lipinski definition) is 3. The van der Waals surface area contributed by atoms with Gasteiger partial charge in [0, 0.05) is 10.9 Å². The number of carboxylic acid groups (broad SMARTS) is 1. The van der Waals surface area contributed by atoms with Crippen LogP contribution in [0.2, 0.25) is 0 Å². The fraction of sp³-hybridized carbons (Fsp3) is 0.111. The second-order valence-corrected chi connectivity index (χ2v) is 4.97. The Hall–Kier alpha value is -3.02. The summed E-state index contributed by atoms with van der Waals surface area (Å²) in [5.74, 6) is -1.52. The number of halogens is 2. The number of rotatable bonds is 2. The Balaban J connectivity index is 0.00000100. The number of aromatic nitrogens is 1. The number of phenols is 1. The molecule has 0 aliphatic heterocycles. The van der Waals surface area contributed by atoms with Crippen LogP contribution in [0.1, 0.15) is 15.9 Å². The van der Waals surface area contributed by atoms with Gasteiger partial charge in [0.05, 0.1) is 24.0 Å². The van der Waals surface area contributed by atoms with Gasteiger partial charge in [-0.1, -0.05) is 0 Å². The van der Waals surface area contributed by atoms with Crippen molar-refractivity contribution in [3.8, 4) is 17.0 Å². The summed E-state index contributed by atoms with van der Waals surface area (Å²) in [7, 11) is 0.500. The number of hydrogen-bond donors (Lipinski definition) is 2. The number of pyridine rings is 1. The van der Waals surface area contributed by atoms with Crippen molar-refractivity contribution in [3.05, 3.63) is 59.4 Å². The lowest BCUT2D eigenvalue weighted by molar-refractivity contribution is 0.0698. The first-order valence-electron chi connectivity index (χ1n) is 6.97. The van der Waals surface area contributed by atoms with Gasteiger partial charge in [0.1, 0.15) is 11.6 Å². The Labute approximate surface area is 137 Å². The molecular formula is C18H15F2NO3. The summed E-state index contributed by atoms with van der Waals surface area (Å²) in [6, 6.07) is 10.2.